The first kappa shape index (κ1) is 20.9. The maximum absolute atomic E-state index is 12.2. The van der Waals surface area contributed by atoms with Gasteiger partial charge >= 0.3 is 0 Å². The van der Waals surface area contributed by atoms with Crippen molar-refractivity contribution in [3.05, 3.63) is 24.3 Å². The molecule has 1 rings (SSSR count). The van der Waals surface area contributed by atoms with Gasteiger partial charge in [-0.25, -0.2) is 21.6 Å². The minimum absolute atomic E-state index is 0.0226. The summed E-state index contributed by atoms with van der Waals surface area (Å²) in [6.07, 6.45) is 1.37. The van der Waals surface area contributed by atoms with Crippen LogP contribution in [0.15, 0.2) is 29.2 Å². The molecule has 0 spiro atoms. The molecule has 3 N–H and O–H groups in total. The predicted octanol–water partition coefficient (Wildman–Crippen LogP) is 1.50. The number of hydrogen-bond acceptors (Lipinski definition) is 5. The van der Waals surface area contributed by atoms with E-state index in [0.29, 0.717) is 12.1 Å². The summed E-state index contributed by atoms with van der Waals surface area (Å²) in [6.45, 7) is 6.79. The summed E-state index contributed by atoms with van der Waals surface area (Å²) in [5.41, 5.74) is 0.353. The van der Waals surface area contributed by atoms with E-state index in [1.54, 1.807) is 0 Å². The molecule has 0 radical (unpaired) electrons. The molecular weight excluding hydrogens is 350 g/mol. The highest BCUT2D eigenvalue weighted by molar-refractivity contribution is 7.92. The van der Waals surface area contributed by atoms with E-state index >= 15 is 0 Å². The van der Waals surface area contributed by atoms with E-state index in [0.717, 1.165) is 13.0 Å². The number of hydrogen-bond donors (Lipinski definition) is 3. The third-order valence-corrected chi connectivity index (χ3v) is 6.15. The topological polar surface area (TPSA) is 104 Å². The van der Waals surface area contributed by atoms with Crippen LogP contribution in [0.2, 0.25) is 0 Å². The molecule has 0 aliphatic heterocycles. The second kappa shape index (κ2) is 9.36. The average Bonchev–Trinajstić information content (AvgIpc) is 2.52. The third kappa shape index (κ3) is 7.16. The summed E-state index contributed by atoms with van der Waals surface area (Å²) in [5, 5.41) is 3.12. The maximum Gasteiger partial charge on any atom is 0.240 e. The maximum atomic E-state index is 12.2. The molecule has 0 unspecified atom stereocenters. The van der Waals surface area contributed by atoms with Gasteiger partial charge < -0.3 is 5.32 Å². The lowest BCUT2D eigenvalue weighted by atomic mass is 10.3. The van der Waals surface area contributed by atoms with Crippen molar-refractivity contribution in [2.75, 3.05) is 23.6 Å². The minimum Gasteiger partial charge on any atom is -0.313 e. The van der Waals surface area contributed by atoms with Crippen LogP contribution in [-0.4, -0.2) is 41.7 Å². The number of unbranched alkanes of at least 4 members (excludes halogenated alkanes) is 1. The minimum atomic E-state index is -3.62. The Morgan fingerprint density at radius 2 is 1.67 bits per heavy atom. The van der Waals surface area contributed by atoms with E-state index in [9.17, 15) is 16.8 Å². The van der Waals surface area contributed by atoms with Gasteiger partial charge in [-0.2, -0.15) is 0 Å². The second-order valence-electron chi connectivity index (χ2n) is 5.61. The highest BCUT2D eigenvalue weighted by atomic mass is 32.2. The number of nitrogens with one attached hydrogen (secondary N) is 3. The molecule has 0 heterocycles. The molecule has 1 aromatic carbocycles. The van der Waals surface area contributed by atoms with Crippen molar-refractivity contribution in [2.24, 2.45) is 0 Å². The third-order valence-electron chi connectivity index (χ3n) is 3.34. The van der Waals surface area contributed by atoms with Gasteiger partial charge in [-0.15, -0.1) is 0 Å². The van der Waals surface area contributed by atoms with Crippen LogP contribution in [0.1, 0.15) is 33.6 Å². The average molecular weight is 378 g/mol. The summed E-state index contributed by atoms with van der Waals surface area (Å²) in [7, 11) is -7.01. The normalized spacial score (nSPS) is 13.6. The van der Waals surface area contributed by atoms with Gasteiger partial charge in [0.15, 0.2) is 0 Å². The Morgan fingerprint density at radius 1 is 1.04 bits per heavy atom. The monoisotopic (exact) mass is 377 g/mol. The van der Waals surface area contributed by atoms with Gasteiger partial charge in [0, 0.05) is 18.3 Å². The van der Waals surface area contributed by atoms with E-state index in [2.05, 4.69) is 14.8 Å². The Bertz CT molecular complexity index is 701. The second-order valence-corrected chi connectivity index (χ2v) is 9.22. The molecule has 24 heavy (non-hydrogen) atoms. The van der Waals surface area contributed by atoms with Crippen molar-refractivity contribution in [1.82, 2.24) is 10.0 Å². The highest BCUT2D eigenvalue weighted by Gasteiger charge is 2.16. The fourth-order valence-electron chi connectivity index (χ4n) is 2.01. The molecule has 0 aliphatic rings. The predicted molar refractivity (Wildman–Crippen MR) is 97.1 cm³/mol. The van der Waals surface area contributed by atoms with Crippen LogP contribution in [0.5, 0.6) is 0 Å². The van der Waals surface area contributed by atoms with E-state index < -0.39 is 20.0 Å². The van der Waals surface area contributed by atoms with Crippen molar-refractivity contribution in [1.29, 1.82) is 0 Å². The van der Waals surface area contributed by atoms with E-state index in [1.807, 2.05) is 20.8 Å². The SMILES string of the molecule is CCCCS(=O)(=O)Nc1ccc(S(=O)(=O)NC[C@@H](C)NCC)cc1. The smallest absolute Gasteiger partial charge is 0.240 e. The van der Waals surface area contributed by atoms with Crippen LogP contribution >= 0.6 is 0 Å². The lowest BCUT2D eigenvalue weighted by Gasteiger charge is -2.14. The van der Waals surface area contributed by atoms with Crippen molar-refractivity contribution in [3.8, 4) is 0 Å². The van der Waals surface area contributed by atoms with Crippen LogP contribution < -0.4 is 14.8 Å². The van der Waals surface area contributed by atoms with Crippen LogP contribution in [0.3, 0.4) is 0 Å². The molecule has 0 aromatic heterocycles. The summed E-state index contributed by atoms with van der Waals surface area (Å²) in [6, 6.07) is 5.70. The lowest BCUT2D eigenvalue weighted by Crippen LogP contribution is -2.38. The number of sulfonamides is 2. The summed E-state index contributed by atoms with van der Waals surface area (Å²) in [4.78, 5) is 0.0997. The standard InChI is InChI=1S/C15H27N3O4S2/c1-4-6-11-23(19,20)18-14-7-9-15(10-8-14)24(21,22)17-12-13(3)16-5-2/h7-10,13,16-18H,4-6,11-12H2,1-3H3/t13-/m1/s1. The van der Waals surface area contributed by atoms with Crippen molar-refractivity contribution in [3.63, 3.8) is 0 Å². The van der Waals surface area contributed by atoms with Crippen LogP contribution in [0, 0.1) is 0 Å². The van der Waals surface area contributed by atoms with Crippen molar-refractivity contribution < 1.29 is 16.8 Å². The molecule has 0 amide bonds. The molecule has 0 bridgehead atoms. The Kier molecular flexibility index (Phi) is 8.14. The summed E-state index contributed by atoms with van der Waals surface area (Å²) >= 11 is 0. The highest BCUT2D eigenvalue weighted by Crippen LogP contribution is 2.15. The zero-order chi connectivity index (χ0) is 18.2. The first-order valence-corrected chi connectivity index (χ1v) is 11.2. The Balaban J connectivity index is 2.72. The van der Waals surface area contributed by atoms with Gasteiger partial charge in [-0.05, 0) is 44.2 Å². The van der Waals surface area contributed by atoms with Crippen molar-refractivity contribution >= 4 is 25.7 Å². The van der Waals surface area contributed by atoms with Gasteiger partial charge in [0.05, 0.1) is 10.6 Å². The number of rotatable bonds is 11. The zero-order valence-electron chi connectivity index (χ0n) is 14.4. The van der Waals surface area contributed by atoms with Crippen LogP contribution in [-0.2, 0) is 20.0 Å². The first-order chi connectivity index (χ1) is 11.2. The van der Waals surface area contributed by atoms with Gasteiger partial charge in [0.2, 0.25) is 20.0 Å². The number of likely N-dealkylation sites (N-methyl/N-ethyl adjacent to an activating group) is 1. The molecular formula is C15H27N3O4S2. The van der Waals surface area contributed by atoms with E-state index in [-0.39, 0.29) is 23.2 Å². The molecule has 1 aromatic rings. The fraction of sp³-hybridized carbons (Fsp3) is 0.600. The summed E-state index contributed by atoms with van der Waals surface area (Å²) < 4.78 is 53.0. The van der Waals surface area contributed by atoms with Crippen molar-refractivity contribution in [2.45, 2.75) is 44.6 Å². The molecule has 7 nitrogen and oxygen atoms in total. The Morgan fingerprint density at radius 3 is 2.21 bits per heavy atom. The molecule has 0 saturated heterocycles. The van der Waals surface area contributed by atoms with Crippen LogP contribution in [0.4, 0.5) is 5.69 Å². The molecule has 0 saturated carbocycles. The molecule has 1 atom stereocenters. The van der Waals surface area contributed by atoms with Gasteiger partial charge in [-0.3, -0.25) is 4.72 Å². The fourth-order valence-corrected chi connectivity index (χ4v) is 4.40. The van der Waals surface area contributed by atoms with Gasteiger partial charge in [0.25, 0.3) is 0 Å². The zero-order valence-corrected chi connectivity index (χ0v) is 16.0. The largest absolute Gasteiger partial charge is 0.313 e. The van der Waals surface area contributed by atoms with E-state index in [4.69, 9.17) is 0 Å². The van der Waals surface area contributed by atoms with Crippen LogP contribution in [0.25, 0.3) is 0 Å². The lowest BCUT2D eigenvalue weighted by molar-refractivity contribution is 0.536. The summed E-state index contributed by atoms with van der Waals surface area (Å²) in [5.74, 6) is 0.0490. The van der Waals surface area contributed by atoms with Gasteiger partial charge in [-0.1, -0.05) is 20.3 Å². The van der Waals surface area contributed by atoms with E-state index in [1.165, 1.54) is 24.3 Å². The van der Waals surface area contributed by atoms with Gasteiger partial charge in [0.1, 0.15) is 0 Å². The molecule has 0 fully saturated rings. The Labute approximate surface area is 145 Å². The number of anilines is 1. The molecule has 138 valence electrons. The molecule has 0 aliphatic carbocycles. The number of benzene rings is 1. The first-order valence-electron chi connectivity index (χ1n) is 8.03. The Hall–Kier alpha value is -1.16. The quantitative estimate of drug-likeness (QED) is 0.542. The molecule has 9 heteroatoms.